The first kappa shape index (κ1) is 12.4. The van der Waals surface area contributed by atoms with E-state index in [2.05, 4.69) is 15.3 Å². The van der Waals surface area contributed by atoms with Gasteiger partial charge in [0.25, 0.3) is 0 Å². The topological polar surface area (TPSA) is 58.0 Å². The molecule has 0 amide bonds. The third-order valence-electron chi connectivity index (χ3n) is 2.60. The fourth-order valence-corrected chi connectivity index (χ4v) is 1.60. The second kappa shape index (κ2) is 5.55. The van der Waals surface area contributed by atoms with Gasteiger partial charge in [-0.1, -0.05) is 24.3 Å². The van der Waals surface area contributed by atoms with Gasteiger partial charge in [-0.25, -0.2) is 14.4 Å². The predicted octanol–water partition coefficient (Wildman–Crippen LogP) is 2.03. The molecule has 0 radical (unpaired) electrons. The second-order valence-corrected chi connectivity index (χ2v) is 3.95. The number of aliphatic hydroxyl groups excluding tert-OH is 1. The van der Waals surface area contributed by atoms with Crippen molar-refractivity contribution in [2.75, 3.05) is 5.32 Å². The molecule has 4 nitrogen and oxygen atoms in total. The van der Waals surface area contributed by atoms with Crippen LogP contribution in [-0.4, -0.2) is 15.1 Å². The normalized spacial score (nSPS) is 10.4. The fraction of sp³-hybridized carbons (Fsp3) is 0.231. The number of nitrogens with one attached hydrogen (secondary N) is 1. The maximum Gasteiger partial charge on any atom is 0.186 e. The average Bonchev–Trinajstić information content (AvgIpc) is 2.41. The minimum absolute atomic E-state index is 0.00514. The molecule has 2 rings (SSSR count). The molecule has 1 aromatic heterocycles. The number of anilines is 1. The first-order chi connectivity index (χ1) is 8.70. The summed E-state index contributed by atoms with van der Waals surface area (Å²) in [4.78, 5) is 7.61. The summed E-state index contributed by atoms with van der Waals surface area (Å²) in [5.74, 6) is -0.243. The smallest absolute Gasteiger partial charge is 0.186 e. The molecule has 18 heavy (non-hydrogen) atoms. The Morgan fingerprint density at radius 2 is 2.06 bits per heavy atom. The molecule has 0 saturated heterocycles. The molecule has 0 saturated carbocycles. The summed E-state index contributed by atoms with van der Waals surface area (Å²) >= 11 is 0. The Morgan fingerprint density at radius 3 is 2.83 bits per heavy atom. The van der Waals surface area contributed by atoms with Crippen LogP contribution in [0.15, 0.2) is 30.6 Å². The van der Waals surface area contributed by atoms with Crippen molar-refractivity contribution in [1.82, 2.24) is 9.97 Å². The van der Waals surface area contributed by atoms with E-state index >= 15 is 0 Å². The van der Waals surface area contributed by atoms with Crippen molar-refractivity contribution in [1.29, 1.82) is 0 Å². The van der Waals surface area contributed by atoms with Gasteiger partial charge in [0.1, 0.15) is 6.33 Å². The van der Waals surface area contributed by atoms with Crippen molar-refractivity contribution in [3.05, 3.63) is 53.2 Å². The molecule has 0 aliphatic carbocycles. The molecular weight excluding hydrogens is 233 g/mol. The monoisotopic (exact) mass is 247 g/mol. The lowest BCUT2D eigenvalue weighted by Crippen LogP contribution is -2.06. The van der Waals surface area contributed by atoms with Crippen LogP contribution in [0.3, 0.4) is 0 Å². The molecule has 1 heterocycles. The van der Waals surface area contributed by atoms with Gasteiger partial charge in [0, 0.05) is 6.54 Å². The van der Waals surface area contributed by atoms with Crippen LogP contribution in [0.1, 0.15) is 16.8 Å². The van der Waals surface area contributed by atoms with Gasteiger partial charge in [-0.2, -0.15) is 0 Å². The zero-order valence-corrected chi connectivity index (χ0v) is 10.0. The lowest BCUT2D eigenvalue weighted by Gasteiger charge is -2.08. The Balaban J connectivity index is 2.09. The fourth-order valence-electron chi connectivity index (χ4n) is 1.60. The number of aliphatic hydroxyl groups is 1. The largest absolute Gasteiger partial charge is 0.392 e. The van der Waals surface area contributed by atoms with Crippen LogP contribution in [0, 0.1) is 12.7 Å². The average molecular weight is 247 g/mol. The second-order valence-electron chi connectivity index (χ2n) is 3.95. The van der Waals surface area contributed by atoms with Crippen LogP contribution in [0.5, 0.6) is 0 Å². The first-order valence-corrected chi connectivity index (χ1v) is 5.60. The Hall–Kier alpha value is -2.01. The molecular formula is C13H14FN3O. The number of aromatic nitrogens is 2. The van der Waals surface area contributed by atoms with Crippen molar-refractivity contribution in [2.45, 2.75) is 20.1 Å². The van der Waals surface area contributed by atoms with E-state index in [1.54, 1.807) is 6.92 Å². The molecule has 2 aromatic rings. The summed E-state index contributed by atoms with van der Waals surface area (Å²) in [7, 11) is 0. The molecule has 2 N–H and O–H groups in total. The summed E-state index contributed by atoms with van der Waals surface area (Å²) in [5.41, 5.74) is 2.10. The van der Waals surface area contributed by atoms with E-state index in [0.29, 0.717) is 12.2 Å². The van der Waals surface area contributed by atoms with Gasteiger partial charge in [0.15, 0.2) is 11.6 Å². The Morgan fingerprint density at radius 1 is 1.28 bits per heavy atom. The van der Waals surface area contributed by atoms with Crippen LogP contribution in [0.4, 0.5) is 10.2 Å². The summed E-state index contributed by atoms with van der Waals surface area (Å²) in [5, 5.41) is 11.9. The van der Waals surface area contributed by atoms with E-state index in [1.807, 2.05) is 24.3 Å². The van der Waals surface area contributed by atoms with E-state index in [4.69, 9.17) is 5.11 Å². The lowest BCUT2D eigenvalue weighted by molar-refractivity contribution is 0.281. The minimum atomic E-state index is -0.434. The predicted molar refractivity (Wildman–Crippen MR) is 66.4 cm³/mol. The van der Waals surface area contributed by atoms with Gasteiger partial charge >= 0.3 is 0 Å². The molecule has 94 valence electrons. The Kier molecular flexibility index (Phi) is 3.84. The molecule has 5 heteroatoms. The van der Waals surface area contributed by atoms with Crippen LogP contribution in [-0.2, 0) is 13.2 Å². The quantitative estimate of drug-likeness (QED) is 0.868. The third-order valence-corrected chi connectivity index (χ3v) is 2.60. The lowest BCUT2D eigenvalue weighted by atomic mass is 10.1. The number of halogens is 1. The van der Waals surface area contributed by atoms with Crippen LogP contribution in [0.25, 0.3) is 0 Å². The number of rotatable bonds is 4. The third kappa shape index (κ3) is 2.81. The van der Waals surface area contributed by atoms with Crippen LogP contribution >= 0.6 is 0 Å². The summed E-state index contributed by atoms with van der Waals surface area (Å²) < 4.78 is 13.6. The van der Waals surface area contributed by atoms with Crippen molar-refractivity contribution >= 4 is 5.82 Å². The maximum atomic E-state index is 13.6. The van der Waals surface area contributed by atoms with E-state index in [1.165, 1.54) is 6.33 Å². The van der Waals surface area contributed by atoms with Gasteiger partial charge in [-0.05, 0) is 18.1 Å². The highest BCUT2D eigenvalue weighted by Crippen LogP contribution is 2.13. The van der Waals surface area contributed by atoms with Gasteiger partial charge < -0.3 is 10.4 Å². The standard InChI is InChI=1S/C13H14FN3O/c1-9-12(14)13(17-8-16-9)15-6-10-3-2-4-11(5-10)7-18/h2-5,8,18H,6-7H2,1H3,(H,15,16,17). The molecule has 0 aliphatic heterocycles. The zero-order chi connectivity index (χ0) is 13.0. The van der Waals surface area contributed by atoms with Crippen molar-refractivity contribution < 1.29 is 9.50 Å². The number of nitrogens with zero attached hydrogens (tertiary/aromatic N) is 2. The number of hydrogen-bond donors (Lipinski definition) is 2. The van der Waals surface area contributed by atoms with E-state index in [9.17, 15) is 4.39 Å². The Labute approximate surface area is 105 Å². The minimum Gasteiger partial charge on any atom is -0.392 e. The van der Waals surface area contributed by atoms with Gasteiger partial charge in [0.05, 0.1) is 12.3 Å². The van der Waals surface area contributed by atoms with Crippen molar-refractivity contribution in [2.24, 2.45) is 0 Å². The zero-order valence-electron chi connectivity index (χ0n) is 10.0. The number of aryl methyl sites for hydroxylation is 1. The van der Waals surface area contributed by atoms with E-state index in [-0.39, 0.29) is 12.4 Å². The summed E-state index contributed by atoms with van der Waals surface area (Å²) in [6.45, 7) is 2.03. The Bertz CT molecular complexity index is 546. The molecule has 0 fully saturated rings. The molecule has 1 aromatic carbocycles. The molecule has 0 atom stereocenters. The van der Waals surface area contributed by atoms with Gasteiger partial charge in [-0.15, -0.1) is 0 Å². The van der Waals surface area contributed by atoms with E-state index < -0.39 is 5.82 Å². The molecule has 0 aliphatic rings. The highest BCUT2D eigenvalue weighted by Gasteiger charge is 2.06. The highest BCUT2D eigenvalue weighted by atomic mass is 19.1. The van der Waals surface area contributed by atoms with Gasteiger partial charge in [-0.3, -0.25) is 0 Å². The number of hydrogen-bond acceptors (Lipinski definition) is 4. The van der Waals surface area contributed by atoms with Crippen LogP contribution in [0.2, 0.25) is 0 Å². The SMILES string of the molecule is Cc1ncnc(NCc2cccc(CO)c2)c1F. The molecule has 0 spiro atoms. The maximum absolute atomic E-state index is 13.6. The summed E-state index contributed by atoms with van der Waals surface area (Å²) in [6, 6.07) is 7.44. The summed E-state index contributed by atoms with van der Waals surface area (Å²) in [6.07, 6.45) is 1.32. The van der Waals surface area contributed by atoms with Crippen molar-refractivity contribution in [3.63, 3.8) is 0 Å². The van der Waals surface area contributed by atoms with Gasteiger partial charge in [0.2, 0.25) is 0 Å². The first-order valence-electron chi connectivity index (χ1n) is 5.60. The highest BCUT2D eigenvalue weighted by molar-refractivity contribution is 5.38. The van der Waals surface area contributed by atoms with E-state index in [0.717, 1.165) is 11.1 Å². The molecule has 0 bridgehead atoms. The molecule has 0 unspecified atom stereocenters. The number of benzene rings is 1. The van der Waals surface area contributed by atoms with Crippen molar-refractivity contribution in [3.8, 4) is 0 Å². The van der Waals surface area contributed by atoms with Crippen LogP contribution < -0.4 is 5.32 Å².